The Labute approximate surface area is 120 Å². The average molecular weight is 303 g/mol. The first-order valence-corrected chi connectivity index (χ1v) is 7.74. The van der Waals surface area contributed by atoms with Gasteiger partial charge in [-0.3, -0.25) is 0 Å². The molecule has 0 radical (unpaired) electrons. The molecule has 0 heterocycles. The Morgan fingerprint density at radius 3 is 2.40 bits per heavy atom. The standard InChI is InChI=1S/C13H22FN3O2S/c1-13(2,17(3)4)9-16-20(18,19)12-6-5-10(8-15)7-11(12)14/h5-7,16H,8-9,15H2,1-4H3. The first kappa shape index (κ1) is 17.0. The minimum atomic E-state index is -3.88. The first-order valence-electron chi connectivity index (χ1n) is 6.26. The molecule has 0 unspecified atom stereocenters. The molecule has 5 nitrogen and oxygen atoms in total. The summed E-state index contributed by atoms with van der Waals surface area (Å²) < 4.78 is 40.5. The molecule has 0 saturated carbocycles. The van der Waals surface area contributed by atoms with Gasteiger partial charge in [0.1, 0.15) is 10.7 Å². The molecule has 0 aromatic heterocycles. The van der Waals surface area contributed by atoms with E-state index in [1.807, 2.05) is 32.8 Å². The predicted molar refractivity (Wildman–Crippen MR) is 77.2 cm³/mol. The summed E-state index contributed by atoms with van der Waals surface area (Å²) >= 11 is 0. The van der Waals surface area contributed by atoms with E-state index in [-0.39, 0.29) is 23.5 Å². The Hall–Kier alpha value is -1.02. The van der Waals surface area contributed by atoms with Crippen molar-refractivity contribution in [2.24, 2.45) is 5.73 Å². The summed E-state index contributed by atoms with van der Waals surface area (Å²) in [4.78, 5) is 1.54. The van der Waals surface area contributed by atoms with E-state index in [1.54, 1.807) is 0 Å². The molecule has 1 aromatic rings. The van der Waals surface area contributed by atoms with Crippen molar-refractivity contribution < 1.29 is 12.8 Å². The molecular formula is C13H22FN3O2S. The Kier molecular flexibility index (Phi) is 5.26. The molecule has 0 aliphatic carbocycles. The highest BCUT2D eigenvalue weighted by molar-refractivity contribution is 7.89. The second-order valence-corrected chi connectivity index (χ2v) is 7.24. The number of nitrogens with one attached hydrogen (secondary N) is 1. The lowest BCUT2D eigenvalue weighted by molar-refractivity contribution is 0.199. The number of sulfonamides is 1. The molecule has 0 saturated heterocycles. The third-order valence-electron chi connectivity index (χ3n) is 3.43. The van der Waals surface area contributed by atoms with Gasteiger partial charge in [0.05, 0.1) is 0 Å². The van der Waals surface area contributed by atoms with Gasteiger partial charge in [0, 0.05) is 18.6 Å². The number of hydrogen-bond acceptors (Lipinski definition) is 4. The minimum absolute atomic E-state index is 0.165. The van der Waals surface area contributed by atoms with E-state index in [4.69, 9.17) is 5.73 Å². The number of nitrogens with zero attached hydrogens (tertiary/aromatic N) is 1. The minimum Gasteiger partial charge on any atom is -0.326 e. The van der Waals surface area contributed by atoms with Crippen LogP contribution in [0.3, 0.4) is 0 Å². The van der Waals surface area contributed by atoms with Gasteiger partial charge in [-0.25, -0.2) is 17.5 Å². The van der Waals surface area contributed by atoms with Crippen LogP contribution >= 0.6 is 0 Å². The van der Waals surface area contributed by atoms with Crippen molar-refractivity contribution in [1.82, 2.24) is 9.62 Å². The van der Waals surface area contributed by atoms with Crippen molar-refractivity contribution in [2.45, 2.75) is 30.8 Å². The van der Waals surface area contributed by atoms with Crippen LogP contribution in [0.2, 0.25) is 0 Å². The molecule has 3 N–H and O–H groups in total. The number of benzene rings is 1. The van der Waals surface area contributed by atoms with Gasteiger partial charge in [0.25, 0.3) is 0 Å². The molecule has 114 valence electrons. The fraction of sp³-hybridized carbons (Fsp3) is 0.538. The SMILES string of the molecule is CN(C)C(C)(C)CNS(=O)(=O)c1ccc(CN)cc1F. The number of likely N-dealkylation sites (N-methyl/N-ethyl adjacent to an activating group) is 1. The van der Waals surface area contributed by atoms with Crippen LogP contribution in [0.1, 0.15) is 19.4 Å². The van der Waals surface area contributed by atoms with E-state index in [1.165, 1.54) is 12.1 Å². The quantitative estimate of drug-likeness (QED) is 0.819. The Morgan fingerprint density at radius 2 is 1.95 bits per heavy atom. The third-order valence-corrected chi connectivity index (χ3v) is 4.86. The van der Waals surface area contributed by atoms with Gasteiger partial charge in [-0.05, 0) is 45.6 Å². The van der Waals surface area contributed by atoms with E-state index in [0.29, 0.717) is 5.56 Å². The molecule has 0 fully saturated rings. The second kappa shape index (κ2) is 6.17. The van der Waals surface area contributed by atoms with E-state index in [0.717, 1.165) is 6.07 Å². The van der Waals surface area contributed by atoms with Crippen LogP contribution in [0.4, 0.5) is 4.39 Å². The number of nitrogens with two attached hydrogens (primary N) is 1. The molecule has 0 aliphatic rings. The van der Waals surface area contributed by atoms with Gasteiger partial charge in [-0.2, -0.15) is 0 Å². The fourth-order valence-electron chi connectivity index (χ4n) is 1.40. The number of rotatable bonds is 6. The fourth-order valence-corrected chi connectivity index (χ4v) is 2.66. The number of halogens is 1. The summed E-state index contributed by atoms with van der Waals surface area (Å²) in [6.45, 7) is 4.13. The molecule has 7 heteroatoms. The van der Waals surface area contributed by atoms with Gasteiger partial charge in [0.2, 0.25) is 10.0 Å². The highest BCUT2D eigenvalue weighted by Gasteiger charge is 2.25. The van der Waals surface area contributed by atoms with Crippen molar-refractivity contribution in [3.8, 4) is 0 Å². The molecule has 0 spiro atoms. The summed E-state index contributed by atoms with van der Waals surface area (Å²) in [7, 11) is -0.171. The molecular weight excluding hydrogens is 281 g/mol. The van der Waals surface area contributed by atoms with Crippen LogP contribution in [0, 0.1) is 5.82 Å². The van der Waals surface area contributed by atoms with Crippen molar-refractivity contribution in [1.29, 1.82) is 0 Å². The normalized spacial score (nSPS) is 12.9. The molecule has 0 atom stereocenters. The lowest BCUT2D eigenvalue weighted by Crippen LogP contribution is -2.48. The summed E-state index contributed by atoms with van der Waals surface area (Å²) in [5.41, 5.74) is 5.57. The zero-order valence-electron chi connectivity index (χ0n) is 12.3. The number of hydrogen-bond donors (Lipinski definition) is 2. The molecule has 0 amide bonds. The second-order valence-electron chi connectivity index (χ2n) is 5.50. The maximum absolute atomic E-state index is 13.8. The lowest BCUT2D eigenvalue weighted by atomic mass is 10.1. The van der Waals surface area contributed by atoms with Gasteiger partial charge >= 0.3 is 0 Å². The molecule has 20 heavy (non-hydrogen) atoms. The molecule has 0 bridgehead atoms. The van der Waals surface area contributed by atoms with Crippen LogP contribution in [0.25, 0.3) is 0 Å². The predicted octanol–water partition coefficient (Wildman–Crippen LogP) is 0.903. The third kappa shape index (κ3) is 3.99. The van der Waals surface area contributed by atoms with E-state index in [9.17, 15) is 12.8 Å². The van der Waals surface area contributed by atoms with Crippen LogP contribution in [0.5, 0.6) is 0 Å². The molecule has 0 aliphatic heterocycles. The summed E-state index contributed by atoms with van der Waals surface area (Å²) in [6.07, 6.45) is 0. The van der Waals surface area contributed by atoms with Crippen molar-refractivity contribution in [2.75, 3.05) is 20.6 Å². The maximum Gasteiger partial charge on any atom is 0.243 e. The van der Waals surface area contributed by atoms with Crippen LogP contribution < -0.4 is 10.5 Å². The molecule has 1 rings (SSSR count). The highest BCUT2D eigenvalue weighted by atomic mass is 32.2. The lowest BCUT2D eigenvalue weighted by Gasteiger charge is -2.32. The summed E-state index contributed by atoms with van der Waals surface area (Å²) in [5.74, 6) is -0.789. The van der Waals surface area contributed by atoms with Gasteiger partial charge in [-0.1, -0.05) is 6.07 Å². The average Bonchev–Trinajstić information content (AvgIpc) is 2.36. The smallest absolute Gasteiger partial charge is 0.243 e. The Bertz CT molecular complexity index is 571. The first-order chi connectivity index (χ1) is 9.10. The Balaban J connectivity index is 2.95. The summed E-state index contributed by atoms with van der Waals surface area (Å²) in [5, 5.41) is 0. The van der Waals surface area contributed by atoms with Gasteiger partial charge in [0.15, 0.2) is 0 Å². The maximum atomic E-state index is 13.8. The van der Waals surface area contributed by atoms with Crippen molar-refractivity contribution in [3.05, 3.63) is 29.6 Å². The van der Waals surface area contributed by atoms with Crippen molar-refractivity contribution >= 4 is 10.0 Å². The molecule has 1 aromatic carbocycles. The van der Waals surface area contributed by atoms with Gasteiger partial charge in [-0.15, -0.1) is 0 Å². The van der Waals surface area contributed by atoms with Crippen LogP contribution in [-0.2, 0) is 16.6 Å². The van der Waals surface area contributed by atoms with Crippen molar-refractivity contribution in [3.63, 3.8) is 0 Å². The topological polar surface area (TPSA) is 75.4 Å². The zero-order valence-corrected chi connectivity index (χ0v) is 13.1. The summed E-state index contributed by atoms with van der Waals surface area (Å²) in [6, 6.07) is 3.89. The largest absolute Gasteiger partial charge is 0.326 e. The zero-order chi connectivity index (χ0) is 15.6. The highest BCUT2D eigenvalue weighted by Crippen LogP contribution is 2.17. The van der Waals surface area contributed by atoms with E-state index in [2.05, 4.69) is 4.72 Å². The van der Waals surface area contributed by atoms with E-state index < -0.39 is 15.8 Å². The Morgan fingerprint density at radius 1 is 1.35 bits per heavy atom. The van der Waals surface area contributed by atoms with Crippen LogP contribution in [0.15, 0.2) is 23.1 Å². The monoisotopic (exact) mass is 303 g/mol. The van der Waals surface area contributed by atoms with Crippen LogP contribution in [-0.4, -0.2) is 39.5 Å². The van der Waals surface area contributed by atoms with E-state index >= 15 is 0 Å². The van der Waals surface area contributed by atoms with Gasteiger partial charge < -0.3 is 10.6 Å².